The van der Waals surface area contributed by atoms with Gasteiger partial charge in [-0.15, -0.1) is 0 Å². The number of hydrogen-bond acceptors (Lipinski definition) is 4. The summed E-state index contributed by atoms with van der Waals surface area (Å²) >= 11 is 0. The first-order valence-corrected chi connectivity index (χ1v) is 15.4. The van der Waals surface area contributed by atoms with Crippen molar-refractivity contribution < 1.29 is 19.7 Å². The predicted molar refractivity (Wildman–Crippen MR) is 152 cm³/mol. The van der Waals surface area contributed by atoms with Gasteiger partial charge in [0.05, 0.1) is 12.7 Å². The van der Waals surface area contributed by atoms with Crippen molar-refractivity contribution >= 4 is 5.97 Å². The number of rotatable bonds is 3. The van der Waals surface area contributed by atoms with Crippen LogP contribution >= 0.6 is 0 Å². The first-order chi connectivity index (χ1) is 17.6. The molecule has 4 nitrogen and oxygen atoms in total. The summed E-state index contributed by atoms with van der Waals surface area (Å²) in [6.07, 6.45) is 15.0. The Kier molecular flexibility index (Phi) is 6.68. The summed E-state index contributed by atoms with van der Waals surface area (Å²) in [5.41, 5.74) is 1.73. The van der Waals surface area contributed by atoms with Crippen molar-refractivity contribution in [1.29, 1.82) is 0 Å². The zero-order valence-electron chi connectivity index (χ0n) is 25.4. The van der Waals surface area contributed by atoms with Gasteiger partial charge in [-0.3, -0.25) is 0 Å². The van der Waals surface area contributed by atoms with Gasteiger partial charge in [-0.1, -0.05) is 66.2 Å². The molecule has 0 spiro atoms. The van der Waals surface area contributed by atoms with Crippen LogP contribution in [-0.2, 0) is 9.53 Å². The van der Waals surface area contributed by atoms with Crippen molar-refractivity contribution in [2.45, 2.75) is 125 Å². The second-order valence-corrected chi connectivity index (χ2v) is 16.1. The molecule has 0 saturated heterocycles. The molecular formula is C34H54O4. The lowest BCUT2D eigenvalue weighted by molar-refractivity contribution is -0.219. The van der Waals surface area contributed by atoms with Gasteiger partial charge in [0.1, 0.15) is 6.10 Å². The van der Waals surface area contributed by atoms with E-state index >= 15 is 0 Å². The van der Waals surface area contributed by atoms with E-state index in [4.69, 9.17) is 4.74 Å². The Morgan fingerprint density at radius 2 is 1.68 bits per heavy atom. The number of hydrogen-bond donors (Lipinski definition) is 2. The third-order valence-electron chi connectivity index (χ3n) is 13.8. The molecule has 4 fully saturated rings. The van der Waals surface area contributed by atoms with Crippen LogP contribution in [0, 0.1) is 50.2 Å². The lowest BCUT2D eigenvalue weighted by atomic mass is 9.33. The molecule has 0 aromatic rings. The summed E-state index contributed by atoms with van der Waals surface area (Å²) in [6, 6.07) is 0. The molecule has 0 aromatic carbocycles. The first kappa shape index (κ1) is 28.4. The first-order valence-electron chi connectivity index (χ1n) is 15.4. The summed E-state index contributed by atoms with van der Waals surface area (Å²) in [5, 5.41) is 21.5. The molecule has 4 saturated carbocycles. The molecule has 5 rings (SSSR count). The van der Waals surface area contributed by atoms with E-state index in [2.05, 4.69) is 54.5 Å². The molecule has 0 aromatic heterocycles. The lowest BCUT2D eigenvalue weighted by Gasteiger charge is -2.71. The van der Waals surface area contributed by atoms with Gasteiger partial charge in [0, 0.05) is 16.9 Å². The van der Waals surface area contributed by atoms with Crippen molar-refractivity contribution in [3.8, 4) is 0 Å². The van der Waals surface area contributed by atoms with Crippen LogP contribution < -0.4 is 0 Å². The highest BCUT2D eigenvalue weighted by Gasteiger charge is 2.69. The van der Waals surface area contributed by atoms with E-state index in [9.17, 15) is 15.0 Å². The predicted octanol–water partition coefficient (Wildman–Crippen LogP) is 7.24. The quantitative estimate of drug-likeness (QED) is 0.231. The highest BCUT2D eigenvalue weighted by atomic mass is 16.5. The van der Waals surface area contributed by atoms with Crippen LogP contribution in [0.15, 0.2) is 23.8 Å². The average molecular weight is 527 g/mol. The smallest absolute Gasteiger partial charge is 0.330 e. The number of carbonyl (C=O) groups excluding carboxylic acids is 1. The molecule has 0 amide bonds. The molecule has 0 radical (unpaired) electrons. The molecule has 1 unspecified atom stereocenters. The minimum atomic E-state index is -0.415. The van der Waals surface area contributed by atoms with Crippen LogP contribution in [0.3, 0.4) is 0 Å². The summed E-state index contributed by atoms with van der Waals surface area (Å²) in [6.45, 7) is 18.9. The minimum Gasteiger partial charge on any atom is -0.459 e. The summed E-state index contributed by atoms with van der Waals surface area (Å²) in [5.74, 6) is 1.11. The van der Waals surface area contributed by atoms with Crippen LogP contribution in [0.4, 0.5) is 0 Å². The number of fused-ring (bicyclic) bond motifs is 7. The fourth-order valence-electron chi connectivity index (χ4n) is 11.2. The Labute approximate surface area is 231 Å². The van der Waals surface area contributed by atoms with Gasteiger partial charge in [0.2, 0.25) is 0 Å². The molecule has 0 aliphatic heterocycles. The van der Waals surface area contributed by atoms with Gasteiger partial charge in [0.15, 0.2) is 0 Å². The minimum absolute atomic E-state index is 0.0349. The third kappa shape index (κ3) is 3.71. The number of aliphatic hydroxyl groups excluding tert-OH is 2. The zero-order valence-corrected chi connectivity index (χ0v) is 25.4. The Morgan fingerprint density at radius 1 is 0.974 bits per heavy atom. The number of ether oxygens (including phenoxy) is 1. The van der Waals surface area contributed by atoms with E-state index in [1.54, 1.807) is 17.7 Å². The largest absolute Gasteiger partial charge is 0.459 e. The lowest BCUT2D eigenvalue weighted by Crippen LogP contribution is -2.66. The maximum absolute atomic E-state index is 12.6. The topological polar surface area (TPSA) is 66.8 Å². The van der Waals surface area contributed by atoms with E-state index in [0.29, 0.717) is 17.8 Å². The SMILES string of the molecule is CC=CC(=O)O[C@@H]1CC(C)(C)C[C@@H]2C3=CC[C@@H]4[C@@]5(C)CC[C@H](O)[C@@](C)(CO)C5CC[C@@]4(C)[C@]3(C)CC[C@]21C. The van der Waals surface area contributed by atoms with Crippen molar-refractivity contribution in [1.82, 2.24) is 0 Å². The van der Waals surface area contributed by atoms with Crippen molar-refractivity contribution in [2.24, 2.45) is 50.2 Å². The number of aliphatic hydroxyl groups is 2. The standard InChI is InChI=1S/C34H54O4/c1-9-10-28(37)38-27-20-29(2,3)19-23-22-11-12-25-31(5)15-14-26(36)32(6,21-35)24(31)13-16-34(25,8)33(22,7)18-17-30(23,27)4/h9-11,23-27,35-36H,12-21H2,1-8H3/t23-,24?,25-,26+,27-,30-,31+,32+,33-,34-/m1/s1. The van der Waals surface area contributed by atoms with Gasteiger partial charge in [-0.25, -0.2) is 4.79 Å². The van der Waals surface area contributed by atoms with Crippen LogP contribution in [-0.4, -0.2) is 35.0 Å². The molecule has 0 bridgehead atoms. The van der Waals surface area contributed by atoms with Gasteiger partial charge in [-0.2, -0.15) is 0 Å². The fraction of sp³-hybridized carbons (Fsp3) is 0.853. The van der Waals surface area contributed by atoms with E-state index in [-0.39, 0.29) is 45.8 Å². The molecule has 2 N–H and O–H groups in total. The van der Waals surface area contributed by atoms with Crippen molar-refractivity contribution in [3.63, 3.8) is 0 Å². The van der Waals surface area contributed by atoms with E-state index in [1.807, 2.05) is 6.92 Å². The second-order valence-electron chi connectivity index (χ2n) is 16.1. The van der Waals surface area contributed by atoms with Gasteiger partial charge in [-0.05, 0) is 104 Å². The Bertz CT molecular complexity index is 1030. The van der Waals surface area contributed by atoms with Crippen molar-refractivity contribution in [2.75, 3.05) is 6.61 Å². The van der Waals surface area contributed by atoms with Crippen LogP contribution in [0.2, 0.25) is 0 Å². The summed E-state index contributed by atoms with van der Waals surface area (Å²) in [4.78, 5) is 12.6. The average Bonchev–Trinajstić information content (AvgIpc) is 2.83. The molecule has 5 aliphatic carbocycles. The highest BCUT2D eigenvalue weighted by Crippen LogP contribution is 2.75. The Balaban J connectivity index is 1.55. The van der Waals surface area contributed by atoms with E-state index in [0.717, 1.165) is 57.8 Å². The summed E-state index contributed by atoms with van der Waals surface area (Å²) in [7, 11) is 0. The maximum atomic E-state index is 12.6. The molecule has 0 heterocycles. The van der Waals surface area contributed by atoms with E-state index in [1.165, 1.54) is 0 Å². The monoisotopic (exact) mass is 526 g/mol. The molecule has 10 atom stereocenters. The Hall–Kier alpha value is -1.13. The van der Waals surface area contributed by atoms with Gasteiger partial charge < -0.3 is 14.9 Å². The number of esters is 1. The normalized spacial score (nSPS) is 51.7. The fourth-order valence-corrected chi connectivity index (χ4v) is 11.2. The number of allylic oxidation sites excluding steroid dienone is 3. The maximum Gasteiger partial charge on any atom is 0.330 e. The molecule has 4 heteroatoms. The second kappa shape index (κ2) is 8.93. The highest BCUT2D eigenvalue weighted by molar-refractivity contribution is 5.82. The van der Waals surface area contributed by atoms with E-state index < -0.39 is 11.5 Å². The third-order valence-corrected chi connectivity index (χ3v) is 13.8. The van der Waals surface area contributed by atoms with Gasteiger partial charge >= 0.3 is 5.97 Å². The molecule has 38 heavy (non-hydrogen) atoms. The van der Waals surface area contributed by atoms with Crippen molar-refractivity contribution in [3.05, 3.63) is 23.8 Å². The van der Waals surface area contributed by atoms with Crippen LogP contribution in [0.1, 0.15) is 113 Å². The van der Waals surface area contributed by atoms with Crippen LogP contribution in [0.5, 0.6) is 0 Å². The van der Waals surface area contributed by atoms with Gasteiger partial charge in [0.25, 0.3) is 0 Å². The molecule has 214 valence electrons. The Morgan fingerprint density at radius 3 is 2.34 bits per heavy atom. The summed E-state index contributed by atoms with van der Waals surface area (Å²) < 4.78 is 6.22. The number of carbonyl (C=O) groups is 1. The molecular weight excluding hydrogens is 472 g/mol. The molecule has 5 aliphatic rings. The van der Waals surface area contributed by atoms with Crippen LogP contribution in [0.25, 0.3) is 0 Å². The zero-order chi connectivity index (χ0) is 27.9.